The molecule has 0 spiro atoms. The number of hydrogen-bond donors (Lipinski definition) is 0. The molecule has 0 saturated carbocycles. The van der Waals surface area contributed by atoms with Gasteiger partial charge in [-0.3, -0.25) is 9.59 Å². The zero-order valence-corrected chi connectivity index (χ0v) is 15.6. The van der Waals surface area contributed by atoms with E-state index in [1.54, 1.807) is 16.9 Å². The molecule has 1 fully saturated rings. The minimum absolute atomic E-state index is 0.0327. The van der Waals surface area contributed by atoms with E-state index in [1.165, 1.54) is 0 Å². The standard InChI is InChI=1S/C21H24N2O4/c1-16-12-23(18-8-10-19(26-2)11-9-18)20(24)13-22(16)21(25)15-27-14-17-6-4-3-5-7-17/h3-11,16H,12-15H2,1-2H3/t16-/m0/s1. The van der Waals surface area contributed by atoms with E-state index in [-0.39, 0.29) is 31.0 Å². The Kier molecular flexibility index (Phi) is 6.08. The number of benzene rings is 2. The third kappa shape index (κ3) is 4.65. The molecule has 0 aliphatic carbocycles. The predicted molar refractivity (Wildman–Crippen MR) is 103 cm³/mol. The number of methoxy groups -OCH3 is 1. The Morgan fingerprint density at radius 1 is 1.11 bits per heavy atom. The molecule has 6 heteroatoms. The van der Waals surface area contributed by atoms with Crippen molar-refractivity contribution < 1.29 is 19.1 Å². The summed E-state index contributed by atoms with van der Waals surface area (Å²) in [5.74, 6) is 0.472. The number of hydrogen-bond acceptors (Lipinski definition) is 4. The van der Waals surface area contributed by atoms with Crippen molar-refractivity contribution >= 4 is 17.5 Å². The Balaban J connectivity index is 1.55. The monoisotopic (exact) mass is 368 g/mol. The summed E-state index contributed by atoms with van der Waals surface area (Å²) in [4.78, 5) is 28.3. The van der Waals surface area contributed by atoms with Gasteiger partial charge in [-0.25, -0.2) is 0 Å². The summed E-state index contributed by atoms with van der Waals surface area (Å²) in [6.07, 6.45) is 0. The Morgan fingerprint density at radius 3 is 2.48 bits per heavy atom. The van der Waals surface area contributed by atoms with Crippen LogP contribution in [0.15, 0.2) is 54.6 Å². The minimum atomic E-state index is -0.166. The van der Waals surface area contributed by atoms with Crippen LogP contribution >= 0.6 is 0 Å². The van der Waals surface area contributed by atoms with Crippen LogP contribution in [0.5, 0.6) is 5.75 Å². The summed E-state index contributed by atoms with van der Waals surface area (Å²) in [6, 6.07) is 17.0. The molecule has 142 valence electrons. The fraction of sp³-hybridized carbons (Fsp3) is 0.333. The van der Waals surface area contributed by atoms with Gasteiger partial charge in [0.15, 0.2) is 0 Å². The lowest BCUT2D eigenvalue weighted by Gasteiger charge is -2.39. The van der Waals surface area contributed by atoms with Crippen molar-refractivity contribution in [2.75, 3.05) is 31.7 Å². The number of amides is 2. The smallest absolute Gasteiger partial charge is 0.249 e. The van der Waals surface area contributed by atoms with E-state index in [0.717, 1.165) is 17.0 Å². The van der Waals surface area contributed by atoms with E-state index in [1.807, 2.05) is 61.5 Å². The summed E-state index contributed by atoms with van der Waals surface area (Å²) in [6.45, 7) is 2.80. The van der Waals surface area contributed by atoms with Gasteiger partial charge in [-0.1, -0.05) is 30.3 Å². The third-order valence-corrected chi connectivity index (χ3v) is 4.63. The van der Waals surface area contributed by atoms with Gasteiger partial charge in [0.1, 0.15) is 18.9 Å². The molecular formula is C21H24N2O4. The number of nitrogens with zero attached hydrogens (tertiary/aromatic N) is 2. The van der Waals surface area contributed by atoms with Gasteiger partial charge in [-0.05, 0) is 36.8 Å². The van der Waals surface area contributed by atoms with Crippen LogP contribution in [0.2, 0.25) is 0 Å². The lowest BCUT2D eigenvalue weighted by Crippen LogP contribution is -2.57. The van der Waals surface area contributed by atoms with Crippen LogP contribution in [0, 0.1) is 0 Å². The van der Waals surface area contributed by atoms with Gasteiger partial charge < -0.3 is 19.3 Å². The quantitative estimate of drug-likeness (QED) is 0.786. The van der Waals surface area contributed by atoms with Crippen molar-refractivity contribution in [2.45, 2.75) is 19.6 Å². The summed E-state index contributed by atoms with van der Waals surface area (Å²) in [5, 5.41) is 0. The SMILES string of the molecule is COc1ccc(N2C[C@H](C)N(C(=O)COCc3ccccc3)CC2=O)cc1. The highest BCUT2D eigenvalue weighted by Crippen LogP contribution is 2.23. The number of piperazine rings is 1. The summed E-state index contributed by atoms with van der Waals surface area (Å²) >= 11 is 0. The highest BCUT2D eigenvalue weighted by atomic mass is 16.5. The molecule has 0 N–H and O–H groups in total. The summed E-state index contributed by atoms with van der Waals surface area (Å²) < 4.78 is 10.7. The number of rotatable bonds is 6. The van der Waals surface area contributed by atoms with E-state index < -0.39 is 0 Å². The second-order valence-electron chi connectivity index (χ2n) is 6.55. The maximum atomic E-state index is 12.6. The highest BCUT2D eigenvalue weighted by molar-refractivity contribution is 5.98. The van der Waals surface area contributed by atoms with Gasteiger partial charge in [0.25, 0.3) is 0 Å². The molecule has 2 aromatic carbocycles. The lowest BCUT2D eigenvalue weighted by molar-refractivity contribution is -0.143. The molecule has 1 atom stereocenters. The lowest BCUT2D eigenvalue weighted by atomic mass is 10.1. The topological polar surface area (TPSA) is 59.1 Å². The van der Waals surface area contributed by atoms with E-state index in [0.29, 0.717) is 13.2 Å². The van der Waals surface area contributed by atoms with Gasteiger partial charge in [0.2, 0.25) is 11.8 Å². The van der Waals surface area contributed by atoms with Crippen LogP contribution in [0.4, 0.5) is 5.69 Å². The Hall–Kier alpha value is -2.86. The molecule has 0 unspecified atom stereocenters. The van der Waals surface area contributed by atoms with E-state index in [2.05, 4.69) is 0 Å². The zero-order chi connectivity index (χ0) is 19.2. The van der Waals surface area contributed by atoms with Crippen LogP contribution in [0.25, 0.3) is 0 Å². The van der Waals surface area contributed by atoms with E-state index in [9.17, 15) is 9.59 Å². The molecule has 0 aromatic heterocycles. The van der Waals surface area contributed by atoms with Crippen LogP contribution < -0.4 is 9.64 Å². The average molecular weight is 368 g/mol. The molecule has 1 heterocycles. The Labute approximate surface area is 159 Å². The maximum absolute atomic E-state index is 12.6. The first-order valence-electron chi connectivity index (χ1n) is 8.94. The minimum Gasteiger partial charge on any atom is -0.497 e. The predicted octanol–water partition coefficient (Wildman–Crippen LogP) is 2.48. The largest absolute Gasteiger partial charge is 0.497 e. The summed E-state index contributed by atoms with van der Waals surface area (Å²) in [5.41, 5.74) is 1.82. The Bertz CT molecular complexity index is 777. The molecule has 2 amide bonds. The summed E-state index contributed by atoms with van der Waals surface area (Å²) in [7, 11) is 1.60. The maximum Gasteiger partial charge on any atom is 0.249 e. The van der Waals surface area contributed by atoms with Gasteiger partial charge >= 0.3 is 0 Å². The molecule has 2 aromatic rings. The molecule has 1 aliphatic rings. The fourth-order valence-corrected chi connectivity index (χ4v) is 3.11. The number of anilines is 1. The van der Waals surface area contributed by atoms with E-state index >= 15 is 0 Å². The van der Waals surface area contributed by atoms with Crippen molar-refractivity contribution in [3.8, 4) is 5.75 Å². The highest BCUT2D eigenvalue weighted by Gasteiger charge is 2.33. The molecule has 6 nitrogen and oxygen atoms in total. The third-order valence-electron chi connectivity index (χ3n) is 4.63. The van der Waals surface area contributed by atoms with Gasteiger partial charge in [0.05, 0.1) is 13.7 Å². The fourth-order valence-electron chi connectivity index (χ4n) is 3.11. The van der Waals surface area contributed by atoms with E-state index in [4.69, 9.17) is 9.47 Å². The molecule has 27 heavy (non-hydrogen) atoms. The first-order valence-corrected chi connectivity index (χ1v) is 8.94. The van der Waals surface area contributed by atoms with Crippen LogP contribution in [0.1, 0.15) is 12.5 Å². The second-order valence-corrected chi connectivity index (χ2v) is 6.55. The van der Waals surface area contributed by atoms with Crippen LogP contribution in [-0.4, -0.2) is 49.6 Å². The molecule has 0 radical (unpaired) electrons. The van der Waals surface area contributed by atoms with Gasteiger partial charge in [-0.2, -0.15) is 0 Å². The Morgan fingerprint density at radius 2 is 1.81 bits per heavy atom. The number of ether oxygens (including phenoxy) is 2. The first-order chi connectivity index (χ1) is 13.1. The first kappa shape index (κ1) is 18.9. The molecule has 1 aliphatic heterocycles. The van der Waals surface area contributed by atoms with Crippen molar-refractivity contribution in [3.63, 3.8) is 0 Å². The molecular weight excluding hydrogens is 344 g/mol. The van der Waals surface area contributed by atoms with Gasteiger partial charge in [0, 0.05) is 18.3 Å². The van der Waals surface area contributed by atoms with Crippen molar-refractivity contribution in [3.05, 3.63) is 60.2 Å². The van der Waals surface area contributed by atoms with Crippen LogP contribution in [0.3, 0.4) is 0 Å². The normalized spacial score (nSPS) is 17.1. The molecule has 0 bridgehead atoms. The second kappa shape index (κ2) is 8.68. The molecule has 3 rings (SSSR count). The molecule has 1 saturated heterocycles. The van der Waals surface area contributed by atoms with Crippen LogP contribution in [-0.2, 0) is 20.9 Å². The average Bonchev–Trinajstić information content (AvgIpc) is 2.70. The van der Waals surface area contributed by atoms with Crippen molar-refractivity contribution in [1.82, 2.24) is 4.90 Å². The van der Waals surface area contributed by atoms with Crippen molar-refractivity contribution in [2.24, 2.45) is 0 Å². The zero-order valence-electron chi connectivity index (χ0n) is 15.6. The van der Waals surface area contributed by atoms with Crippen molar-refractivity contribution in [1.29, 1.82) is 0 Å². The number of carbonyl (C=O) groups is 2. The van der Waals surface area contributed by atoms with Gasteiger partial charge in [-0.15, -0.1) is 0 Å². The number of carbonyl (C=O) groups excluding carboxylic acids is 2.